The summed E-state index contributed by atoms with van der Waals surface area (Å²) in [4.78, 5) is 17.9. The zero-order chi connectivity index (χ0) is 18.8. The van der Waals surface area contributed by atoms with Crippen molar-refractivity contribution in [3.8, 4) is 10.7 Å². The first-order valence-corrected chi connectivity index (χ1v) is 11.1. The maximum atomic E-state index is 12.4. The number of carbonyl (C=O) groups excluding carboxylic acids is 1. The van der Waals surface area contributed by atoms with Crippen LogP contribution in [-0.2, 0) is 11.3 Å². The van der Waals surface area contributed by atoms with E-state index in [1.807, 2.05) is 47.2 Å². The van der Waals surface area contributed by atoms with E-state index in [1.54, 1.807) is 22.7 Å². The zero-order valence-corrected chi connectivity index (χ0v) is 17.2. The molecule has 0 radical (unpaired) electrons. The number of anilines is 1. The van der Waals surface area contributed by atoms with Crippen molar-refractivity contribution < 1.29 is 4.79 Å². The molecule has 1 N–H and O–H groups in total. The number of thioether (sulfide) groups is 1. The normalized spacial score (nSPS) is 11.2. The van der Waals surface area contributed by atoms with E-state index in [0.29, 0.717) is 0 Å². The van der Waals surface area contributed by atoms with Crippen LogP contribution in [0.5, 0.6) is 0 Å². The largest absolute Gasteiger partial charge is 0.325 e. The number of thiazole rings is 1. The van der Waals surface area contributed by atoms with Crippen LogP contribution < -0.4 is 5.32 Å². The lowest BCUT2D eigenvalue weighted by Crippen LogP contribution is -2.14. The summed E-state index contributed by atoms with van der Waals surface area (Å²) in [6, 6.07) is 9.80. The molecule has 4 rings (SSSR count). The maximum Gasteiger partial charge on any atom is 0.234 e. The molecular weight excluding hydrogens is 398 g/mol. The molecule has 4 aromatic rings. The Bertz CT molecular complexity index is 1080. The minimum Gasteiger partial charge on any atom is -0.325 e. The Morgan fingerprint density at radius 1 is 1.30 bits per heavy atom. The van der Waals surface area contributed by atoms with Crippen LogP contribution in [-0.4, -0.2) is 31.4 Å². The van der Waals surface area contributed by atoms with Crippen molar-refractivity contribution in [3.63, 3.8) is 0 Å². The number of aromatic nitrogens is 4. The van der Waals surface area contributed by atoms with Gasteiger partial charge in [0, 0.05) is 12.2 Å². The summed E-state index contributed by atoms with van der Waals surface area (Å²) in [5.41, 5.74) is 1.75. The molecule has 0 aliphatic carbocycles. The molecule has 0 spiro atoms. The van der Waals surface area contributed by atoms with Gasteiger partial charge in [-0.25, -0.2) is 4.98 Å². The third-order valence-corrected chi connectivity index (χ3v) is 6.65. The SMILES string of the molecule is CCn1c(SCC(=O)Nc2ccc3nc(C)sc3c2)nnc1-c1cccs1. The van der Waals surface area contributed by atoms with Gasteiger partial charge in [-0.3, -0.25) is 4.79 Å². The highest BCUT2D eigenvalue weighted by molar-refractivity contribution is 7.99. The van der Waals surface area contributed by atoms with Crippen LogP contribution in [0.1, 0.15) is 11.9 Å². The van der Waals surface area contributed by atoms with Crippen LogP contribution in [0.25, 0.3) is 20.9 Å². The third-order valence-electron chi connectivity index (χ3n) is 3.89. The second kappa shape index (κ2) is 7.79. The highest BCUT2D eigenvalue weighted by Gasteiger charge is 2.15. The van der Waals surface area contributed by atoms with Gasteiger partial charge in [0.05, 0.1) is 25.9 Å². The molecule has 0 bridgehead atoms. The number of hydrogen-bond donors (Lipinski definition) is 1. The van der Waals surface area contributed by atoms with Crippen molar-refractivity contribution in [1.82, 2.24) is 19.7 Å². The van der Waals surface area contributed by atoms with E-state index in [1.165, 1.54) is 11.8 Å². The fourth-order valence-corrected chi connectivity index (χ4v) is 5.10. The summed E-state index contributed by atoms with van der Waals surface area (Å²) in [5.74, 6) is 1.06. The lowest BCUT2D eigenvalue weighted by atomic mass is 10.3. The predicted molar refractivity (Wildman–Crippen MR) is 113 cm³/mol. The van der Waals surface area contributed by atoms with E-state index in [2.05, 4.69) is 27.4 Å². The Kier molecular flexibility index (Phi) is 5.24. The number of amides is 1. The van der Waals surface area contributed by atoms with Gasteiger partial charge >= 0.3 is 0 Å². The molecule has 0 unspecified atom stereocenters. The van der Waals surface area contributed by atoms with E-state index in [4.69, 9.17) is 0 Å². The Morgan fingerprint density at radius 3 is 2.96 bits per heavy atom. The summed E-state index contributed by atoms with van der Waals surface area (Å²) in [5, 5.41) is 15.3. The van der Waals surface area contributed by atoms with Gasteiger partial charge in [0.15, 0.2) is 11.0 Å². The van der Waals surface area contributed by atoms with E-state index >= 15 is 0 Å². The predicted octanol–water partition coefficient (Wildman–Crippen LogP) is 4.68. The molecule has 138 valence electrons. The van der Waals surface area contributed by atoms with Crippen LogP contribution in [0, 0.1) is 6.92 Å². The molecule has 3 heterocycles. The van der Waals surface area contributed by atoms with Crippen LogP contribution >= 0.6 is 34.4 Å². The number of nitrogens with zero attached hydrogens (tertiary/aromatic N) is 4. The standard InChI is InChI=1S/C18H17N5OS3/c1-3-23-17(14-5-4-8-25-14)21-22-18(23)26-10-16(24)20-12-6-7-13-15(9-12)27-11(2)19-13/h4-9H,3,10H2,1-2H3,(H,20,24). The molecule has 3 aromatic heterocycles. The van der Waals surface area contributed by atoms with Crippen molar-refractivity contribution in [2.24, 2.45) is 0 Å². The molecule has 0 aliphatic heterocycles. The lowest BCUT2D eigenvalue weighted by molar-refractivity contribution is -0.113. The Hall–Kier alpha value is -2.23. The monoisotopic (exact) mass is 415 g/mol. The molecular formula is C18H17N5OS3. The maximum absolute atomic E-state index is 12.4. The highest BCUT2D eigenvalue weighted by atomic mass is 32.2. The number of thiophene rings is 1. The second-order valence-electron chi connectivity index (χ2n) is 5.78. The zero-order valence-electron chi connectivity index (χ0n) is 14.8. The highest BCUT2D eigenvalue weighted by Crippen LogP contribution is 2.28. The van der Waals surface area contributed by atoms with Gasteiger partial charge in [-0.05, 0) is 43.5 Å². The van der Waals surface area contributed by atoms with Crippen molar-refractivity contribution in [3.05, 3.63) is 40.7 Å². The molecule has 6 nitrogen and oxygen atoms in total. The second-order valence-corrected chi connectivity index (χ2v) is 8.90. The molecule has 1 aromatic carbocycles. The number of carbonyl (C=O) groups is 1. The van der Waals surface area contributed by atoms with E-state index < -0.39 is 0 Å². The van der Waals surface area contributed by atoms with Crippen LogP contribution in [0.3, 0.4) is 0 Å². The van der Waals surface area contributed by atoms with Crippen molar-refractivity contribution in [2.45, 2.75) is 25.5 Å². The van der Waals surface area contributed by atoms with Crippen molar-refractivity contribution in [1.29, 1.82) is 0 Å². The van der Waals surface area contributed by atoms with Gasteiger partial charge in [0.1, 0.15) is 0 Å². The topological polar surface area (TPSA) is 72.7 Å². The smallest absolute Gasteiger partial charge is 0.234 e. The van der Waals surface area contributed by atoms with E-state index in [9.17, 15) is 4.79 Å². The number of fused-ring (bicyclic) bond motifs is 1. The molecule has 27 heavy (non-hydrogen) atoms. The minimum absolute atomic E-state index is 0.0658. The molecule has 0 atom stereocenters. The molecule has 0 fully saturated rings. The van der Waals surface area contributed by atoms with Gasteiger partial charge < -0.3 is 9.88 Å². The van der Waals surface area contributed by atoms with E-state index in [-0.39, 0.29) is 11.7 Å². The number of hydrogen-bond acceptors (Lipinski definition) is 7. The Balaban J connectivity index is 1.43. The van der Waals surface area contributed by atoms with Gasteiger partial charge in [0.2, 0.25) is 5.91 Å². The molecule has 1 amide bonds. The van der Waals surface area contributed by atoms with Gasteiger partial charge in [-0.15, -0.1) is 32.9 Å². The van der Waals surface area contributed by atoms with E-state index in [0.717, 1.165) is 43.3 Å². The molecule has 9 heteroatoms. The quantitative estimate of drug-likeness (QED) is 0.463. The summed E-state index contributed by atoms with van der Waals surface area (Å²) in [7, 11) is 0. The van der Waals surface area contributed by atoms with Crippen LogP contribution in [0.15, 0.2) is 40.9 Å². The first-order valence-electron chi connectivity index (χ1n) is 8.41. The lowest BCUT2D eigenvalue weighted by Gasteiger charge is -2.07. The Labute approximate surface area is 168 Å². The van der Waals surface area contributed by atoms with Crippen molar-refractivity contribution >= 4 is 56.2 Å². The molecule has 0 aliphatic rings. The van der Waals surface area contributed by atoms with Gasteiger partial charge in [-0.1, -0.05) is 17.8 Å². The first-order chi connectivity index (χ1) is 13.1. The average Bonchev–Trinajstić information content (AvgIpc) is 3.37. The fourth-order valence-electron chi connectivity index (χ4n) is 2.71. The minimum atomic E-state index is -0.0658. The van der Waals surface area contributed by atoms with Gasteiger partial charge in [0.25, 0.3) is 0 Å². The average molecular weight is 416 g/mol. The number of nitrogens with one attached hydrogen (secondary N) is 1. The number of benzene rings is 1. The first kappa shape index (κ1) is 18.1. The summed E-state index contributed by atoms with van der Waals surface area (Å²) >= 11 is 4.65. The molecule has 0 saturated heterocycles. The summed E-state index contributed by atoms with van der Waals surface area (Å²) in [6.45, 7) is 4.79. The van der Waals surface area contributed by atoms with Crippen molar-refractivity contribution in [2.75, 3.05) is 11.1 Å². The number of aryl methyl sites for hydroxylation is 1. The molecule has 0 saturated carbocycles. The fraction of sp³-hybridized carbons (Fsp3) is 0.222. The summed E-state index contributed by atoms with van der Waals surface area (Å²) in [6.07, 6.45) is 0. The third kappa shape index (κ3) is 3.90. The summed E-state index contributed by atoms with van der Waals surface area (Å²) < 4.78 is 3.11. The van der Waals surface area contributed by atoms with Crippen LogP contribution in [0.4, 0.5) is 5.69 Å². The van der Waals surface area contributed by atoms with Gasteiger partial charge in [-0.2, -0.15) is 0 Å². The number of rotatable bonds is 6. The van der Waals surface area contributed by atoms with Crippen LogP contribution in [0.2, 0.25) is 0 Å². The Morgan fingerprint density at radius 2 is 2.19 bits per heavy atom.